The molecule has 0 bridgehead atoms. The van der Waals surface area contributed by atoms with Crippen molar-refractivity contribution >= 4 is 17.5 Å². The molecule has 1 amide bonds. The number of rotatable bonds is 4. The second kappa shape index (κ2) is 6.68. The molecule has 1 fully saturated rings. The lowest BCUT2D eigenvalue weighted by atomic mass is 10.2. The van der Waals surface area contributed by atoms with E-state index < -0.39 is 23.2 Å². The molecule has 1 heterocycles. The molecule has 23 heavy (non-hydrogen) atoms. The van der Waals surface area contributed by atoms with Gasteiger partial charge in [-0.2, -0.15) is 0 Å². The first-order valence-electron chi connectivity index (χ1n) is 7.47. The van der Waals surface area contributed by atoms with Crippen LogP contribution < -0.4 is 10.6 Å². The Kier molecular flexibility index (Phi) is 4.45. The number of nitrogens with one attached hydrogen (secondary N) is 2. The Morgan fingerprint density at radius 1 is 1.09 bits per heavy atom. The van der Waals surface area contributed by atoms with Crippen LogP contribution >= 0.6 is 0 Å². The number of anilines is 2. The van der Waals surface area contributed by atoms with Gasteiger partial charge in [0.1, 0.15) is 17.3 Å². The van der Waals surface area contributed by atoms with E-state index in [2.05, 4.69) is 20.6 Å². The predicted octanol–water partition coefficient (Wildman–Crippen LogP) is 3.36. The van der Waals surface area contributed by atoms with E-state index >= 15 is 0 Å². The fourth-order valence-corrected chi connectivity index (χ4v) is 2.58. The Morgan fingerprint density at radius 2 is 1.70 bits per heavy atom. The first-order valence-corrected chi connectivity index (χ1v) is 7.47. The molecule has 2 N–H and O–H groups in total. The lowest BCUT2D eigenvalue weighted by molar-refractivity contribution is 0.102. The van der Waals surface area contributed by atoms with Crippen molar-refractivity contribution in [3.63, 3.8) is 0 Å². The molecular weight excluding hydrogens is 302 g/mol. The SMILES string of the molecule is O=C(Nc1c(F)cccc1F)c1cnc(NC2CCCC2)nc1. The van der Waals surface area contributed by atoms with Crippen LogP contribution in [0.5, 0.6) is 0 Å². The summed E-state index contributed by atoms with van der Waals surface area (Å²) in [4.78, 5) is 20.2. The molecule has 2 aromatic rings. The number of benzene rings is 1. The van der Waals surface area contributed by atoms with Gasteiger partial charge in [0.05, 0.1) is 5.56 Å². The van der Waals surface area contributed by atoms with Crippen LogP contribution in [0.15, 0.2) is 30.6 Å². The average Bonchev–Trinajstić information content (AvgIpc) is 3.04. The van der Waals surface area contributed by atoms with Crippen LogP contribution in [-0.4, -0.2) is 21.9 Å². The van der Waals surface area contributed by atoms with Gasteiger partial charge in [-0.05, 0) is 25.0 Å². The van der Waals surface area contributed by atoms with E-state index in [-0.39, 0.29) is 5.56 Å². The highest BCUT2D eigenvalue weighted by Crippen LogP contribution is 2.21. The molecule has 0 spiro atoms. The van der Waals surface area contributed by atoms with Gasteiger partial charge in [0, 0.05) is 18.4 Å². The lowest BCUT2D eigenvalue weighted by Crippen LogP contribution is -2.18. The number of hydrogen-bond acceptors (Lipinski definition) is 4. The maximum absolute atomic E-state index is 13.5. The molecule has 0 aliphatic heterocycles. The number of nitrogens with zero attached hydrogens (tertiary/aromatic N) is 2. The van der Waals surface area contributed by atoms with Crippen LogP contribution in [0.3, 0.4) is 0 Å². The van der Waals surface area contributed by atoms with Gasteiger partial charge in [-0.25, -0.2) is 18.7 Å². The maximum atomic E-state index is 13.5. The van der Waals surface area contributed by atoms with E-state index in [1.165, 1.54) is 31.3 Å². The number of carbonyl (C=O) groups excluding carboxylic acids is 1. The number of para-hydroxylation sites is 1. The molecule has 7 heteroatoms. The summed E-state index contributed by atoms with van der Waals surface area (Å²) < 4.78 is 27.0. The number of carbonyl (C=O) groups is 1. The monoisotopic (exact) mass is 318 g/mol. The highest BCUT2D eigenvalue weighted by molar-refractivity contribution is 6.04. The summed E-state index contributed by atoms with van der Waals surface area (Å²) in [5.74, 6) is -1.88. The van der Waals surface area contributed by atoms with Crippen LogP contribution in [0.4, 0.5) is 20.4 Å². The van der Waals surface area contributed by atoms with Gasteiger partial charge in [0.25, 0.3) is 5.91 Å². The fraction of sp³-hybridized carbons (Fsp3) is 0.312. The van der Waals surface area contributed by atoms with Gasteiger partial charge >= 0.3 is 0 Å². The van der Waals surface area contributed by atoms with E-state index in [0.29, 0.717) is 12.0 Å². The summed E-state index contributed by atoms with van der Waals surface area (Å²) in [5, 5.41) is 5.40. The zero-order valence-corrected chi connectivity index (χ0v) is 12.4. The Bertz CT molecular complexity index is 679. The zero-order chi connectivity index (χ0) is 16.2. The standard InChI is InChI=1S/C16H16F2N4O/c17-12-6-3-7-13(18)14(12)22-15(23)10-8-19-16(20-9-10)21-11-4-1-2-5-11/h3,6-9,11H,1-2,4-5H2,(H,22,23)(H,19,20,21). The van der Waals surface area contributed by atoms with E-state index in [4.69, 9.17) is 0 Å². The smallest absolute Gasteiger partial charge is 0.258 e. The van der Waals surface area contributed by atoms with Crippen molar-refractivity contribution in [1.29, 1.82) is 0 Å². The minimum atomic E-state index is -0.834. The first-order chi connectivity index (χ1) is 11.1. The molecule has 0 radical (unpaired) electrons. The molecule has 120 valence electrons. The predicted molar refractivity (Wildman–Crippen MR) is 82.2 cm³/mol. The molecule has 0 saturated heterocycles. The third-order valence-electron chi connectivity index (χ3n) is 3.80. The number of aromatic nitrogens is 2. The van der Waals surface area contributed by atoms with Crippen LogP contribution in [-0.2, 0) is 0 Å². The van der Waals surface area contributed by atoms with Gasteiger partial charge in [0.15, 0.2) is 0 Å². The lowest BCUT2D eigenvalue weighted by Gasteiger charge is -2.11. The number of hydrogen-bond donors (Lipinski definition) is 2. The molecule has 0 unspecified atom stereocenters. The zero-order valence-electron chi connectivity index (χ0n) is 12.4. The Labute approximate surface area is 132 Å². The van der Waals surface area contributed by atoms with Crippen molar-refractivity contribution in [3.8, 4) is 0 Å². The van der Waals surface area contributed by atoms with E-state index in [1.807, 2.05) is 0 Å². The highest BCUT2D eigenvalue weighted by atomic mass is 19.1. The molecule has 1 saturated carbocycles. The van der Waals surface area contributed by atoms with Crippen molar-refractivity contribution < 1.29 is 13.6 Å². The Balaban J connectivity index is 1.67. The van der Waals surface area contributed by atoms with Gasteiger partial charge < -0.3 is 10.6 Å². The third-order valence-corrected chi connectivity index (χ3v) is 3.80. The normalized spacial score (nSPS) is 14.7. The molecule has 5 nitrogen and oxygen atoms in total. The van der Waals surface area contributed by atoms with Crippen molar-refractivity contribution in [2.24, 2.45) is 0 Å². The molecule has 1 aromatic carbocycles. The minimum Gasteiger partial charge on any atom is -0.351 e. The van der Waals surface area contributed by atoms with Crippen molar-refractivity contribution in [1.82, 2.24) is 9.97 Å². The minimum absolute atomic E-state index is 0.129. The second-order valence-corrected chi connectivity index (χ2v) is 5.47. The first kappa shape index (κ1) is 15.3. The van der Waals surface area contributed by atoms with E-state index in [1.54, 1.807) is 0 Å². The molecule has 1 aliphatic rings. The summed E-state index contributed by atoms with van der Waals surface area (Å²) in [6, 6.07) is 3.74. The second-order valence-electron chi connectivity index (χ2n) is 5.47. The largest absolute Gasteiger partial charge is 0.351 e. The molecular formula is C16H16F2N4O. The molecule has 0 atom stereocenters. The van der Waals surface area contributed by atoms with Gasteiger partial charge in [-0.3, -0.25) is 4.79 Å². The summed E-state index contributed by atoms with van der Waals surface area (Å²) >= 11 is 0. The van der Waals surface area contributed by atoms with Gasteiger partial charge in [-0.1, -0.05) is 18.9 Å². The Morgan fingerprint density at radius 3 is 2.30 bits per heavy atom. The summed E-state index contributed by atoms with van der Waals surface area (Å²) in [5.41, 5.74) is -0.352. The molecule has 1 aromatic heterocycles. The number of halogens is 2. The van der Waals surface area contributed by atoms with Crippen molar-refractivity contribution in [3.05, 3.63) is 47.8 Å². The molecule has 1 aliphatic carbocycles. The van der Waals surface area contributed by atoms with Crippen molar-refractivity contribution in [2.45, 2.75) is 31.7 Å². The summed E-state index contributed by atoms with van der Waals surface area (Å²) in [7, 11) is 0. The van der Waals surface area contributed by atoms with E-state index in [0.717, 1.165) is 25.0 Å². The quantitative estimate of drug-likeness (QED) is 0.907. The topological polar surface area (TPSA) is 66.9 Å². The van der Waals surface area contributed by atoms with Crippen molar-refractivity contribution in [2.75, 3.05) is 10.6 Å². The fourth-order valence-electron chi connectivity index (χ4n) is 2.58. The highest BCUT2D eigenvalue weighted by Gasteiger charge is 2.17. The summed E-state index contributed by atoms with van der Waals surface area (Å²) in [6.07, 6.45) is 7.20. The van der Waals surface area contributed by atoms with Crippen LogP contribution in [0.2, 0.25) is 0 Å². The average molecular weight is 318 g/mol. The van der Waals surface area contributed by atoms with Gasteiger partial charge in [0.2, 0.25) is 5.95 Å². The van der Waals surface area contributed by atoms with E-state index in [9.17, 15) is 13.6 Å². The summed E-state index contributed by atoms with van der Waals surface area (Å²) in [6.45, 7) is 0. The Hall–Kier alpha value is -2.57. The number of amides is 1. The maximum Gasteiger partial charge on any atom is 0.258 e. The van der Waals surface area contributed by atoms with Gasteiger partial charge in [-0.15, -0.1) is 0 Å². The van der Waals surface area contributed by atoms with Crippen LogP contribution in [0, 0.1) is 11.6 Å². The van der Waals surface area contributed by atoms with Crippen LogP contribution in [0.1, 0.15) is 36.0 Å². The third kappa shape index (κ3) is 3.61. The van der Waals surface area contributed by atoms with Crippen LogP contribution in [0.25, 0.3) is 0 Å². The molecule has 3 rings (SSSR count).